The van der Waals surface area contributed by atoms with Gasteiger partial charge in [0.25, 0.3) is 0 Å². The molecule has 4 heteroatoms. The zero-order valence-electron chi connectivity index (χ0n) is 13.0. The Morgan fingerprint density at radius 3 is 2.27 bits per heavy atom. The fourth-order valence-corrected chi connectivity index (χ4v) is 2.45. The van der Waals surface area contributed by atoms with Gasteiger partial charge in [0, 0.05) is 12.6 Å². The molecule has 0 fully saturated rings. The first-order chi connectivity index (χ1) is 10.5. The Hall–Kier alpha value is -2.04. The van der Waals surface area contributed by atoms with Crippen molar-refractivity contribution in [1.29, 1.82) is 0 Å². The van der Waals surface area contributed by atoms with Crippen LogP contribution in [-0.4, -0.2) is 39.9 Å². The molecule has 0 aliphatic rings. The minimum Gasteiger partial charge on any atom is -0.508 e. The second kappa shape index (κ2) is 7.29. The summed E-state index contributed by atoms with van der Waals surface area (Å²) < 4.78 is 0. The van der Waals surface area contributed by atoms with E-state index >= 15 is 0 Å². The molecule has 2 rings (SSSR count). The lowest BCUT2D eigenvalue weighted by atomic mass is 10.0. The van der Waals surface area contributed by atoms with E-state index in [9.17, 15) is 15.3 Å². The predicted octanol–water partition coefficient (Wildman–Crippen LogP) is 2.69. The SMILES string of the molecule is C[C@@H]([C@H](O)c1cccc(O)c1)N(C)CCc1cccc(O)c1. The van der Waals surface area contributed by atoms with Gasteiger partial charge in [-0.05, 0) is 55.8 Å². The first kappa shape index (κ1) is 16.3. The molecule has 0 aromatic heterocycles. The highest BCUT2D eigenvalue weighted by Crippen LogP contribution is 2.23. The van der Waals surface area contributed by atoms with Gasteiger partial charge >= 0.3 is 0 Å². The van der Waals surface area contributed by atoms with Gasteiger partial charge in [0.05, 0.1) is 6.10 Å². The van der Waals surface area contributed by atoms with E-state index in [1.165, 1.54) is 0 Å². The van der Waals surface area contributed by atoms with Crippen molar-refractivity contribution in [3.8, 4) is 11.5 Å². The van der Waals surface area contributed by atoms with E-state index in [0.29, 0.717) is 5.56 Å². The van der Waals surface area contributed by atoms with Crippen molar-refractivity contribution < 1.29 is 15.3 Å². The van der Waals surface area contributed by atoms with Gasteiger partial charge < -0.3 is 20.2 Å². The average molecular weight is 301 g/mol. The highest BCUT2D eigenvalue weighted by molar-refractivity contribution is 5.29. The van der Waals surface area contributed by atoms with Crippen molar-refractivity contribution in [1.82, 2.24) is 4.90 Å². The van der Waals surface area contributed by atoms with Crippen LogP contribution in [0.1, 0.15) is 24.2 Å². The van der Waals surface area contributed by atoms with E-state index in [4.69, 9.17) is 0 Å². The Balaban J connectivity index is 1.95. The topological polar surface area (TPSA) is 63.9 Å². The normalized spacial score (nSPS) is 14.0. The molecule has 0 saturated carbocycles. The van der Waals surface area contributed by atoms with Crippen molar-refractivity contribution >= 4 is 0 Å². The van der Waals surface area contributed by atoms with Crippen LogP contribution in [0, 0.1) is 0 Å². The molecule has 0 radical (unpaired) electrons. The number of aliphatic hydroxyl groups is 1. The van der Waals surface area contributed by atoms with Crippen LogP contribution in [0.2, 0.25) is 0 Å². The summed E-state index contributed by atoms with van der Waals surface area (Å²) in [7, 11) is 1.96. The fraction of sp³-hybridized carbons (Fsp3) is 0.333. The van der Waals surface area contributed by atoms with E-state index in [1.807, 2.05) is 32.2 Å². The zero-order chi connectivity index (χ0) is 16.1. The second-order valence-corrected chi connectivity index (χ2v) is 5.68. The van der Waals surface area contributed by atoms with Crippen molar-refractivity contribution in [2.45, 2.75) is 25.5 Å². The minimum atomic E-state index is -0.665. The molecule has 2 atom stereocenters. The molecule has 22 heavy (non-hydrogen) atoms. The molecule has 0 saturated heterocycles. The Labute approximate surface area is 131 Å². The van der Waals surface area contributed by atoms with E-state index < -0.39 is 6.10 Å². The Morgan fingerprint density at radius 2 is 1.64 bits per heavy atom. The molecule has 2 aromatic rings. The van der Waals surface area contributed by atoms with Crippen molar-refractivity contribution in [2.75, 3.05) is 13.6 Å². The molecule has 0 amide bonds. The predicted molar refractivity (Wildman–Crippen MR) is 87.0 cm³/mol. The van der Waals surface area contributed by atoms with Gasteiger partial charge in [0.1, 0.15) is 11.5 Å². The minimum absolute atomic E-state index is 0.0842. The third kappa shape index (κ3) is 4.23. The van der Waals surface area contributed by atoms with Gasteiger partial charge in [-0.3, -0.25) is 0 Å². The highest BCUT2D eigenvalue weighted by atomic mass is 16.3. The Kier molecular flexibility index (Phi) is 5.41. The van der Waals surface area contributed by atoms with Crippen LogP contribution in [0.3, 0.4) is 0 Å². The molecule has 0 unspecified atom stereocenters. The molecular weight excluding hydrogens is 278 g/mol. The Morgan fingerprint density at radius 1 is 1.00 bits per heavy atom. The highest BCUT2D eigenvalue weighted by Gasteiger charge is 2.20. The maximum Gasteiger partial charge on any atom is 0.115 e. The third-order valence-corrected chi connectivity index (χ3v) is 4.03. The average Bonchev–Trinajstić information content (AvgIpc) is 2.51. The Bertz CT molecular complexity index is 615. The first-order valence-corrected chi connectivity index (χ1v) is 7.42. The van der Waals surface area contributed by atoms with Crippen LogP contribution in [0.4, 0.5) is 0 Å². The number of hydrogen-bond donors (Lipinski definition) is 3. The van der Waals surface area contributed by atoms with Crippen LogP contribution in [0.25, 0.3) is 0 Å². The molecule has 0 bridgehead atoms. The van der Waals surface area contributed by atoms with E-state index in [1.54, 1.807) is 30.3 Å². The second-order valence-electron chi connectivity index (χ2n) is 5.68. The molecule has 0 spiro atoms. The lowest BCUT2D eigenvalue weighted by molar-refractivity contribution is 0.0730. The monoisotopic (exact) mass is 301 g/mol. The van der Waals surface area contributed by atoms with E-state index in [2.05, 4.69) is 4.90 Å². The number of phenolic OH excluding ortho intramolecular Hbond substituents is 2. The lowest BCUT2D eigenvalue weighted by Crippen LogP contribution is -2.35. The van der Waals surface area contributed by atoms with Gasteiger partial charge in [-0.15, -0.1) is 0 Å². The fourth-order valence-electron chi connectivity index (χ4n) is 2.45. The number of nitrogens with zero attached hydrogens (tertiary/aromatic N) is 1. The summed E-state index contributed by atoms with van der Waals surface area (Å²) in [5, 5.41) is 29.4. The van der Waals surface area contributed by atoms with Crippen LogP contribution < -0.4 is 0 Å². The number of phenols is 2. The van der Waals surface area contributed by atoms with Crippen molar-refractivity contribution in [3.63, 3.8) is 0 Å². The summed E-state index contributed by atoms with van der Waals surface area (Å²) >= 11 is 0. The number of rotatable bonds is 6. The molecule has 118 valence electrons. The number of likely N-dealkylation sites (N-methyl/N-ethyl adjacent to an activating group) is 1. The number of aromatic hydroxyl groups is 2. The van der Waals surface area contributed by atoms with Gasteiger partial charge in [-0.25, -0.2) is 0 Å². The summed E-state index contributed by atoms with van der Waals surface area (Å²) in [6.07, 6.45) is 0.128. The van der Waals surface area contributed by atoms with Crippen LogP contribution in [0.15, 0.2) is 48.5 Å². The number of aliphatic hydroxyl groups excluding tert-OH is 1. The van der Waals surface area contributed by atoms with Gasteiger partial charge in [-0.2, -0.15) is 0 Å². The van der Waals surface area contributed by atoms with E-state index in [-0.39, 0.29) is 17.5 Å². The lowest BCUT2D eigenvalue weighted by Gasteiger charge is -2.29. The quantitative estimate of drug-likeness (QED) is 0.767. The standard InChI is InChI=1S/C18H23NO3/c1-13(18(22)15-6-4-8-17(21)12-15)19(2)10-9-14-5-3-7-16(20)11-14/h3-8,11-13,18,20-22H,9-10H2,1-2H3/t13-,18-/m0/s1. The molecule has 2 aromatic carbocycles. The van der Waals surface area contributed by atoms with Crippen molar-refractivity contribution in [3.05, 3.63) is 59.7 Å². The van der Waals surface area contributed by atoms with E-state index in [0.717, 1.165) is 18.5 Å². The van der Waals surface area contributed by atoms with Crippen LogP contribution in [-0.2, 0) is 6.42 Å². The molecule has 0 aliphatic heterocycles. The van der Waals surface area contributed by atoms with Gasteiger partial charge in [0.2, 0.25) is 0 Å². The molecule has 0 aliphatic carbocycles. The summed E-state index contributed by atoms with van der Waals surface area (Å²) in [5.41, 5.74) is 1.77. The molecule has 3 N–H and O–H groups in total. The summed E-state index contributed by atoms with van der Waals surface area (Å²) in [6.45, 7) is 2.72. The number of benzene rings is 2. The number of hydrogen-bond acceptors (Lipinski definition) is 4. The van der Waals surface area contributed by atoms with Crippen LogP contribution in [0.5, 0.6) is 11.5 Å². The smallest absolute Gasteiger partial charge is 0.115 e. The maximum absolute atomic E-state index is 10.4. The third-order valence-electron chi connectivity index (χ3n) is 4.03. The largest absolute Gasteiger partial charge is 0.508 e. The van der Waals surface area contributed by atoms with Crippen LogP contribution >= 0.6 is 0 Å². The molecule has 4 nitrogen and oxygen atoms in total. The van der Waals surface area contributed by atoms with Crippen molar-refractivity contribution in [2.24, 2.45) is 0 Å². The summed E-state index contributed by atoms with van der Waals surface area (Å²) in [4.78, 5) is 2.07. The van der Waals surface area contributed by atoms with Gasteiger partial charge in [-0.1, -0.05) is 24.3 Å². The molecule has 0 heterocycles. The summed E-state index contributed by atoms with van der Waals surface area (Å²) in [5.74, 6) is 0.430. The molecular formula is C18H23NO3. The maximum atomic E-state index is 10.4. The zero-order valence-corrected chi connectivity index (χ0v) is 13.0. The first-order valence-electron chi connectivity index (χ1n) is 7.42. The van der Waals surface area contributed by atoms with Gasteiger partial charge in [0.15, 0.2) is 0 Å². The summed E-state index contributed by atoms with van der Waals surface area (Å²) in [6, 6.07) is 13.8.